The van der Waals surface area contributed by atoms with E-state index in [1.165, 1.54) is 6.07 Å². The fraction of sp³-hybridized carbons (Fsp3) is 0.133. The van der Waals surface area contributed by atoms with Gasteiger partial charge in [-0.2, -0.15) is 0 Å². The van der Waals surface area contributed by atoms with Crippen LogP contribution in [0.2, 0.25) is 0 Å². The van der Waals surface area contributed by atoms with Crippen LogP contribution in [0.3, 0.4) is 0 Å². The quantitative estimate of drug-likeness (QED) is 0.877. The lowest BCUT2D eigenvalue weighted by molar-refractivity contribution is 0.0694. The largest absolute Gasteiger partial charge is 0.478 e. The summed E-state index contributed by atoms with van der Waals surface area (Å²) in [5, 5.41) is 18.0. The number of aliphatic hydroxyl groups is 1. The van der Waals surface area contributed by atoms with Gasteiger partial charge in [0.25, 0.3) is 0 Å². The van der Waals surface area contributed by atoms with Crippen LogP contribution in [0.25, 0.3) is 0 Å². The number of carboxylic acids is 1. The van der Waals surface area contributed by atoms with Gasteiger partial charge in [-0.05, 0) is 42.3 Å². The van der Waals surface area contributed by atoms with Crippen molar-refractivity contribution in [3.05, 3.63) is 58.1 Å². The third-order valence-electron chi connectivity index (χ3n) is 2.73. The third-order valence-corrected chi connectivity index (χ3v) is 3.22. The van der Waals surface area contributed by atoms with Crippen LogP contribution in [0.15, 0.2) is 46.9 Å². The Morgan fingerprint density at radius 2 is 1.85 bits per heavy atom. The Labute approximate surface area is 124 Å². The van der Waals surface area contributed by atoms with Crippen LogP contribution in [0.4, 0.5) is 0 Å². The van der Waals surface area contributed by atoms with Crippen molar-refractivity contribution in [1.82, 2.24) is 0 Å². The molecule has 20 heavy (non-hydrogen) atoms. The van der Waals surface area contributed by atoms with Crippen molar-refractivity contribution >= 4 is 21.9 Å². The molecule has 2 aromatic carbocycles. The Hall–Kier alpha value is -1.85. The zero-order chi connectivity index (χ0) is 14.5. The monoisotopic (exact) mass is 336 g/mol. The fourth-order valence-electron chi connectivity index (χ4n) is 1.74. The Morgan fingerprint density at radius 3 is 2.45 bits per heavy atom. The zero-order valence-electron chi connectivity index (χ0n) is 10.5. The van der Waals surface area contributed by atoms with Crippen molar-refractivity contribution in [3.63, 3.8) is 0 Å². The average Bonchev–Trinajstić information content (AvgIpc) is 2.41. The number of aliphatic hydroxyl groups excluding tert-OH is 1. The molecular weight excluding hydrogens is 324 g/mol. The van der Waals surface area contributed by atoms with Crippen molar-refractivity contribution < 1.29 is 19.7 Å². The second-order valence-electron chi connectivity index (χ2n) is 4.17. The summed E-state index contributed by atoms with van der Waals surface area (Å²) in [7, 11) is 0. The molecule has 104 valence electrons. The van der Waals surface area contributed by atoms with Gasteiger partial charge in [0.05, 0.1) is 0 Å². The number of halogens is 1. The molecule has 2 N–H and O–H groups in total. The van der Waals surface area contributed by atoms with E-state index in [4.69, 9.17) is 14.9 Å². The highest BCUT2D eigenvalue weighted by Gasteiger charge is 2.12. The molecule has 0 bridgehead atoms. The number of aromatic carboxylic acids is 1. The summed E-state index contributed by atoms with van der Waals surface area (Å²) in [5.74, 6) is -0.210. The predicted octanol–water partition coefficient (Wildman–Crippen LogP) is 3.47. The summed E-state index contributed by atoms with van der Waals surface area (Å²) in [5.41, 5.74) is 1.10. The standard InChI is InChI=1S/C15H13BrO4/c16-11-3-6-13(15(18)19)14(9-11)20-12-4-1-10(2-5-12)7-8-17/h1-6,9,17H,7-8H2,(H,18,19). The molecule has 0 saturated carbocycles. The van der Waals surface area contributed by atoms with E-state index in [-0.39, 0.29) is 17.9 Å². The van der Waals surface area contributed by atoms with Gasteiger partial charge in [-0.25, -0.2) is 4.79 Å². The molecule has 5 heteroatoms. The van der Waals surface area contributed by atoms with Gasteiger partial charge in [0.15, 0.2) is 0 Å². The maximum Gasteiger partial charge on any atom is 0.339 e. The van der Waals surface area contributed by atoms with Crippen molar-refractivity contribution in [2.24, 2.45) is 0 Å². The average molecular weight is 337 g/mol. The number of benzene rings is 2. The van der Waals surface area contributed by atoms with E-state index in [2.05, 4.69) is 15.9 Å². The van der Waals surface area contributed by atoms with Gasteiger partial charge in [0.2, 0.25) is 0 Å². The van der Waals surface area contributed by atoms with E-state index < -0.39 is 5.97 Å². The molecule has 0 saturated heterocycles. The molecule has 0 atom stereocenters. The first-order valence-electron chi connectivity index (χ1n) is 6.00. The lowest BCUT2D eigenvalue weighted by atomic mass is 10.1. The molecule has 0 amide bonds. The summed E-state index contributed by atoms with van der Waals surface area (Å²) in [6.07, 6.45) is 0.581. The van der Waals surface area contributed by atoms with Crippen LogP contribution < -0.4 is 4.74 Å². The molecule has 0 aliphatic heterocycles. The van der Waals surface area contributed by atoms with Crippen molar-refractivity contribution in [1.29, 1.82) is 0 Å². The zero-order valence-corrected chi connectivity index (χ0v) is 12.1. The Kier molecular flexibility index (Phi) is 4.76. The minimum atomic E-state index is -1.04. The lowest BCUT2D eigenvalue weighted by Gasteiger charge is -2.09. The van der Waals surface area contributed by atoms with Crippen LogP contribution in [-0.4, -0.2) is 22.8 Å². The number of carbonyl (C=O) groups is 1. The molecule has 0 unspecified atom stereocenters. The first-order valence-corrected chi connectivity index (χ1v) is 6.80. The Bertz CT molecular complexity index is 608. The maximum absolute atomic E-state index is 11.1. The van der Waals surface area contributed by atoms with Crippen molar-refractivity contribution in [2.45, 2.75) is 6.42 Å². The highest BCUT2D eigenvalue weighted by Crippen LogP contribution is 2.29. The van der Waals surface area contributed by atoms with Gasteiger partial charge < -0.3 is 14.9 Å². The highest BCUT2D eigenvalue weighted by molar-refractivity contribution is 9.10. The van der Waals surface area contributed by atoms with Crippen LogP contribution >= 0.6 is 15.9 Å². The normalized spacial score (nSPS) is 10.3. The van der Waals surface area contributed by atoms with Gasteiger partial charge in [-0.1, -0.05) is 28.1 Å². The Morgan fingerprint density at radius 1 is 1.15 bits per heavy atom. The molecule has 0 radical (unpaired) electrons. The lowest BCUT2D eigenvalue weighted by Crippen LogP contribution is -2.00. The Balaban J connectivity index is 2.25. The summed E-state index contributed by atoms with van der Waals surface area (Å²) in [6.45, 7) is 0.0923. The van der Waals surface area contributed by atoms with E-state index in [1.807, 2.05) is 12.1 Å². The molecule has 0 fully saturated rings. The molecule has 4 nitrogen and oxygen atoms in total. The van der Waals surface area contributed by atoms with Crippen LogP contribution in [0, 0.1) is 0 Å². The van der Waals surface area contributed by atoms with Crippen molar-refractivity contribution in [3.8, 4) is 11.5 Å². The smallest absolute Gasteiger partial charge is 0.339 e. The maximum atomic E-state index is 11.1. The molecule has 2 rings (SSSR count). The molecule has 0 aliphatic carbocycles. The first kappa shape index (κ1) is 14.6. The third kappa shape index (κ3) is 3.59. The summed E-state index contributed by atoms with van der Waals surface area (Å²) >= 11 is 3.29. The molecule has 0 heterocycles. The van der Waals surface area contributed by atoms with Gasteiger partial charge in [-0.3, -0.25) is 0 Å². The van der Waals surface area contributed by atoms with E-state index in [9.17, 15) is 4.79 Å². The number of hydrogen-bond acceptors (Lipinski definition) is 3. The minimum Gasteiger partial charge on any atom is -0.478 e. The summed E-state index contributed by atoms with van der Waals surface area (Å²) in [6, 6.07) is 11.9. The number of hydrogen-bond donors (Lipinski definition) is 2. The topological polar surface area (TPSA) is 66.8 Å². The van der Waals surface area contributed by atoms with Gasteiger partial charge in [0.1, 0.15) is 17.1 Å². The molecule has 2 aromatic rings. The fourth-order valence-corrected chi connectivity index (χ4v) is 2.08. The molecule has 0 aliphatic rings. The molecule has 0 spiro atoms. The summed E-state index contributed by atoms with van der Waals surface area (Å²) < 4.78 is 6.36. The van der Waals surface area contributed by atoms with E-state index >= 15 is 0 Å². The number of carboxylic acid groups (broad SMARTS) is 1. The number of ether oxygens (including phenoxy) is 1. The minimum absolute atomic E-state index is 0.0923. The van der Waals surface area contributed by atoms with Crippen LogP contribution in [0.5, 0.6) is 11.5 Å². The summed E-state index contributed by atoms with van der Waals surface area (Å²) in [4.78, 5) is 11.1. The SMILES string of the molecule is O=C(O)c1ccc(Br)cc1Oc1ccc(CCO)cc1. The van der Waals surface area contributed by atoms with E-state index in [0.717, 1.165) is 10.0 Å². The second kappa shape index (κ2) is 6.54. The first-order chi connectivity index (χ1) is 9.60. The second-order valence-corrected chi connectivity index (χ2v) is 5.08. The van der Waals surface area contributed by atoms with Gasteiger partial charge >= 0.3 is 5.97 Å². The van der Waals surface area contributed by atoms with E-state index in [0.29, 0.717) is 12.2 Å². The van der Waals surface area contributed by atoms with Gasteiger partial charge in [-0.15, -0.1) is 0 Å². The van der Waals surface area contributed by atoms with E-state index in [1.54, 1.807) is 24.3 Å². The van der Waals surface area contributed by atoms with Gasteiger partial charge in [0, 0.05) is 11.1 Å². The van der Waals surface area contributed by atoms with Crippen LogP contribution in [-0.2, 0) is 6.42 Å². The van der Waals surface area contributed by atoms with Crippen LogP contribution in [0.1, 0.15) is 15.9 Å². The molecule has 0 aromatic heterocycles. The van der Waals surface area contributed by atoms with Crippen molar-refractivity contribution in [2.75, 3.05) is 6.61 Å². The highest BCUT2D eigenvalue weighted by atomic mass is 79.9. The predicted molar refractivity (Wildman–Crippen MR) is 78.4 cm³/mol. The number of rotatable bonds is 5. The molecular formula is C15H13BrO4.